The number of carbonyl (C=O) groups is 2. The van der Waals surface area contributed by atoms with Crippen molar-refractivity contribution in [2.75, 3.05) is 12.3 Å². The number of hydrogen-bond donors (Lipinski definition) is 1. The molecule has 0 saturated carbocycles. The van der Waals surface area contributed by atoms with Crippen LogP contribution in [0, 0.1) is 11.7 Å². The maximum absolute atomic E-state index is 13.6. The van der Waals surface area contributed by atoms with Gasteiger partial charge in [0.15, 0.2) is 0 Å². The molecule has 0 heterocycles. The topological polar surface area (TPSA) is 49.4 Å². The second-order valence-electron chi connectivity index (χ2n) is 9.11. The van der Waals surface area contributed by atoms with Crippen molar-refractivity contribution in [2.24, 2.45) is 5.92 Å². The van der Waals surface area contributed by atoms with Crippen molar-refractivity contribution in [1.82, 2.24) is 10.2 Å². The lowest BCUT2D eigenvalue weighted by Crippen LogP contribution is -2.51. The molecule has 1 unspecified atom stereocenters. The Balaban J connectivity index is 1.82. The van der Waals surface area contributed by atoms with Gasteiger partial charge in [-0.25, -0.2) is 4.39 Å². The summed E-state index contributed by atoms with van der Waals surface area (Å²) in [7, 11) is 0. The van der Waals surface area contributed by atoms with E-state index in [1.807, 2.05) is 68.4 Å². The molecule has 0 aliphatic carbocycles. The molecule has 2 amide bonds. The van der Waals surface area contributed by atoms with Crippen LogP contribution in [0.2, 0.25) is 0 Å². The van der Waals surface area contributed by atoms with E-state index in [4.69, 9.17) is 0 Å². The third kappa shape index (κ3) is 9.10. The van der Waals surface area contributed by atoms with E-state index in [2.05, 4.69) is 21.2 Å². The third-order valence-corrected chi connectivity index (χ3v) is 7.15. The summed E-state index contributed by atoms with van der Waals surface area (Å²) in [5.74, 6) is 0.564. The Morgan fingerprint density at radius 1 is 0.917 bits per heavy atom. The van der Waals surface area contributed by atoms with Crippen molar-refractivity contribution in [3.63, 3.8) is 0 Å². The van der Waals surface area contributed by atoms with Crippen molar-refractivity contribution in [1.29, 1.82) is 0 Å². The summed E-state index contributed by atoms with van der Waals surface area (Å²) in [5, 5.41) is 3.04. The van der Waals surface area contributed by atoms with Crippen molar-refractivity contribution < 1.29 is 14.0 Å². The average Bonchev–Trinajstić information content (AvgIpc) is 2.87. The molecule has 4 nitrogen and oxygen atoms in total. The van der Waals surface area contributed by atoms with Crippen LogP contribution in [0.25, 0.3) is 0 Å². The van der Waals surface area contributed by atoms with E-state index in [-0.39, 0.29) is 23.4 Å². The minimum Gasteiger partial charge on any atom is -0.354 e. The minimum absolute atomic E-state index is 0.106. The van der Waals surface area contributed by atoms with E-state index < -0.39 is 6.04 Å². The first kappa shape index (κ1) is 27.9. The van der Waals surface area contributed by atoms with Crippen LogP contribution in [0.5, 0.6) is 0 Å². The number of nitrogens with zero attached hydrogens (tertiary/aromatic N) is 1. The van der Waals surface area contributed by atoms with Gasteiger partial charge in [-0.3, -0.25) is 9.59 Å². The summed E-state index contributed by atoms with van der Waals surface area (Å²) < 4.78 is 14.2. The van der Waals surface area contributed by atoms with Gasteiger partial charge in [0.05, 0.1) is 5.75 Å². The number of rotatable bonds is 12. The Labute approximate surface area is 225 Å². The summed E-state index contributed by atoms with van der Waals surface area (Å²) in [4.78, 5) is 28.7. The molecule has 0 bridgehead atoms. The van der Waals surface area contributed by atoms with Crippen LogP contribution in [-0.2, 0) is 28.3 Å². The first-order valence-corrected chi connectivity index (χ1v) is 13.9. The van der Waals surface area contributed by atoms with E-state index in [1.165, 1.54) is 23.9 Å². The third-order valence-electron chi connectivity index (χ3n) is 5.63. The van der Waals surface area contributed by atoms with Gasteiger partial charge in [0.1, 0.15) is 11.9 Å². The smallest absolute Gasteiger partial charge is 0.243 e. The lowest BCUT2D eigenvalue weighted by Gasteiger charge is -2.32. The molecule has 1 atom stereocenters. The zero-order valence-electron chi connectivity index (χ0n) is 20.6. The normalized spacial score (nSPS) is 11.8. The standard InChI is InChI=1S/C29H32BrFN2O2S/c1-21(2)17-32-29(35)27(16-22-6-4-3-5-7-22)33(18-23-8-12-25(30)13-9-23)28(34)20-36-19-24-10-14-26(31)15-11-24/h3-15,21,27H,16-20H2,1-2H3,(H,32,35). The van der Waals surface area contributed by atoms with Gasteiger partial charge in [0.2, 0.25) is 11.8 Å². The van der Waals surface area contributed by atoms with Crippen molar-refractivity contribution in [3.05, 3.63) is 106 Å². The molecule has 1 N–H and O–H groups in total. The van der Waals surface area contributed by atoms with Crippen LogP contribution in [0.3, 0.4) is 0 Å². The number of thioether (sulfide) groups is 1. The molecular formula is C29H32BrFN2O2S. The molecule has 0 aliphatic heterocycles. The number of carbonyl (C=O) groups excluding carboxylic acids is 2. The average molecular weight is 572 g/mol. The fraction of sp³-hybridized carbons (Fsp3) is 0.310. The van der Waals surface area contributed by atoms with Gasteiger partial charge in [-0.2, -0.15) is 0 Å². The second-order valence-corrected chi connectivity index (χ2v) is 11.0. The van der Waals surface area contributed by atoms with E-state index >= 15 is 0 Å². The van der Waals surface area contributed by atoms with Crippen molar-refractivity contribution in [3.8, 4) is 0 Å². The van der Waals surface area contributed by atoms with Crippen LogP contribution in [-0.4, -0.2) is 35.1 Å². The molecule has 0 aromatic heterocycles. The molecule has 0 fully saturated rings. The predicted octanol–water partition coefficient (Wildman–Crippen LogP) is 6.23. The van der Waals surface area contributed by atoms with E-state index in [0.717, 1.165) is 21.2 Å². The summed E-state index contributed by atoms with van der Waals surface area (Å²) in [6.45, 7) is 4.96. The van der Waals surface area contributed by atoms with Gasteiger partial charge in [-0.05, 0) is 46.9 Å². The molecule has 3 aromatic rings. The Kier molecular flexibility index (Phi) is 11.0. The van der Waals surface area contributed by atoms with Gasteiger partial charge < -0.3 is 10.2 Å². The van der Waals surface area contributed by atoms with Gasteiger partial charge in [0.25, 0.3) is 0 Å². The lowest BCUT2D eigenvalue weighted by molar-refractivity contribution is -0.139. The Morgan fingerprint density at radius 2 is 1.56 bits per heavy atom. The first-order chi connectivity index (χ1) is 17.3. The molecule has 36 heavy (non-hydrogen) atoms. The summed E-state index contributed by atoms with van der Waals surface area (Å²) in [5.41, 5.74) is 2.89. The fourth-order valence-corrected chi connectivity index (χ4v) is 4.82. The van der Waals surface area contributed by atoms with E-state index in [9.17, 15) is 14.0 Å². The Bertz CT molecular complexity index is 1110. The highest BCUT2D eigenvalue weighted by molar-refractivity contribution is 9.10. The number of halogens is 2. The van der Waals surface area contributed by atoms with Crippen LogP contribution < -0.4 is 5.32 Å². The summed E-state index contributed by atoms with van der Waals surface area (Å²) in [6.07, 6.45) is 0.426. The first-order valence-electron chi connectivity index (χ1n) is 12.0. The zero-order chi connectivity index (χ0) is 25.9. The highest BCUT2D eigenvalue weighted by Crippen LogP contribution is 2.20. The van der Waals surface area contributed by atoms with Crippen molar-refractivity contribution >= 4 is 39.5 Å². The molecule has 3 aromatic carbocycles. The quantitative estimate of drug-likeness (QED) is 0.280. The molecule has 7 heteroatoms. The lowest BCUT2D eigenvalue weighted by atomic mass is 10.0. The van der Waals surface area contributed by atoms with Crippen LogP contribution >= 0.6 is 27.7 Å². The fourth-order valence-electron chi connectivity index (χ4n) is 3.68. The van der Waals surface area contributed by atoms with Gasteiger partial charge in [0, 0.05) is 29.7 Å². The van der Waals surface area contributed by atoms with Gasteiger partial charge in [-0.15, -0.1) is 11.8 Å². The molecule has 0 spiro atoms. The summed E-state index contributed by atoms with van der Waals surface area (Å²) in [6, 6.07) is 23.2. The summed E-state index contributed by atoms with van der Waals surface area (Å²) >= 11 is 4.92. The zero-order valence-corrected chi connectivity index (χ0v) is 23.0. The predicted molar refractivity (Wildman–Crippen MR) is 149 cm³/mol. The Hall–Kier alpha value is -2.64. The minimum atomic E-state index is -0.645. The number of benzene rings is 3. The Morgan fingerprint density at radius 3 is 2.19 bits per heavy atom. The highest BCUT2D eigenvalue weighted by Gasteiger charge is 2.30. The molecule has 0 radical (unpaired) electrons. The highest BCUT2D eigenvalue weighted by atomic mass is 79.9. The van der Waals surface area contributed by atoms with Gasteiger partial charge >= 0.3 is 0 Å². The monoisotopic (exact) mass is 570 g/mol. The molecular weight excluding hydrogens is 539 g/mol. The van der Waals surface area contributed by atoms with E-state index in [1.54, 1.807) is 17.0 Å². The van der Waals surface area contributed by atoms with E-state index in [0.29, 0.717) is 31.2 Å². The number of nitrogens with one attached hydrogen (secondary N) is 1. The largest absolute Gasteiger partial charge is 0.354 e. The SMILES string of the molecule is CC(C)CNC(=O)C(Cc1ccccc1)N(Cc1ccc(Br)cc1)C(=O)CSCc1ccc(F)cc1. The molecule has 0 aliphatic rings. The number of hydrogen-bond acceptors (Lipinski definition) is 3. The molecule has 190 valence electrons. The van der Waals surface area contributed by atoms with Crippen LogP contribution in [0.15, 0.2) is 83.3 Å². The molecule has 3 rings (SSSR count). The maximum Gasteiger partial charge on any atom is 0.243 e. The second kappa shape index (κ2) is 14.2. The van der Waals surface area contributed by atoms with Crippen LogP contribution in [0.1, 0.15) is 30.5 Å². The van der Waals surface area contributed by atoms with Crippen LogP contribution in [0.4, 0.5) is 4.39 Å². The maximum atomic E-state index is 13.6. The van der Waals surface area contributed by atoms with Gasteiger partial charge in [-0.1, -0.05) is 84.4 Å². The molecule has 0 saturated heterocycles. The number of amides is 2. The van der Waals surface area contributed by atoms with Crippen molar-refractivity contribution in [2.45, 2.75) is 38.6 Å².